The van der Waals surface area contributed by atoms with Crippen molar-refractivity contribution in [2.45, 2.75) is 31.1 Å². The fraction of sp³-hybridized carbons (Fsp3) is 0.308. The number of hydrogen-bond donors (Lipinski definition) is 1. The van der Waals surface area contributed by atoms with Crippen LogP contribution in [0.1, 0.15) is 26.5 Å². The van der Waals surface area contributed by atoms with Gasteiger partial charge in [0.1, 0.15) is 22.3 Å². The zero-order valence-corrected chi connectivity index (χ0v) is 12.5. The van der Waals surface area contributed by atoms with E-state index in [1.165, 1.54) is 6.07 Å². The first kappa shape index (κ1) is 15.4. The smallest absolute Gasteiger partial charge is 0.266 e. The molecule has 21 heavy (non-hydrogen) atoms. The minimum atomic E-state index is -4.21. The molecule has 1 N–H and O–H groups in total. The van der Waals surface area contributed by atoms with Gasteiger partial charge in [0.25, 0.3) is 10.0 Å². The summed E-state index contributed by atoms with van der Waals surface area (Å²) in [6, 6.07) is 3.62. The molecule has 0 atom stereocenters. The first-order valence-corrected chi connectivity index (χ1v) is 7.53. The first-order chi connectivity index (χ1) is 9.59. The normalized spacial score (nSPS) is 12.4. The standard InChI is InChI=1S/C13H14F2N2O3S/c1-13(2,3)11-7-12(16-20-11)17-21(18,19)10-5-4-8(14)6-9(10)15/h4-7H,1-3H3,(H,16,17). The van der Waals surface area contributed by atoms with Gasteiger partial charge in [0.2, 0.25) is 0 Å². The second-order valence-electron chi connectivity index (χ2n) is 5.51. The molecule has 0 unspecified atom stereocenters. The number of aromatic nitrogens is 1. The van der Waals surface area contributed by atoms with Crippen LogP contribution in [0, 0.1) is 11.6 Å². The molecule has 0 radical (unpaired) electrons. The summed E-state index contributed by atoms with van der Waals surface area (Å²) in [5.41, 5.74) is -0.349. The van der Waals surface area contributed by atoms with E-state index in [-0.39, 0.29) is 11.2 Å². The molecule has 0 spiro atoms. The lowest BCUT2D eigenvalue weighted by Crippen LogP contribution is -2.15. The predicted octanol–water partition coefficient (Wildman–Crippen LogP) is 3.05. The third-order valence-corrected chi connectivity index (χ3v) is 4.06. The molecule has 0 aliphatic carbocycles. The van der Waals surface area contributed by atoms with Gasteiger partial charge in [-0.3, -0.25) is 4.72 Å². The average Bonchev–Trinajstić information content (AvgIpc) is 2.75. The minimum absolute atomic E-state index is 0.0661. The summed E-state index contributed by atoms with van der Waals surface area (Å²) in [7, 11) is -4.21. The average molecular weight is 316 g/mol. The Hall–Kier alpha value is -1.96. The van der Waals surface area contributed by atoms with Crippen molar-refractivity contribution in [2.24, 2.45) is 0 Å². The second-order valence-corrected chi connectivity index (χ2v) is 7.16. The Morgan fingerprint density at radius 2 is 1.86 bits per heavy atom. The summed E-state index contributed by atoms with van der Waals surface area (Å²) in [5.74, 6) is -1.63. The lowest BCUT2D eigenvalue weighted by Gasteiger charge is -2.12. The highest BCUT2D eigenvalue weighted by Gasteiger charge is 2.24. The van der Waals surface area contributed by atoms with Crippen LogP contribution in [0.2, 0.25) is 0 Å². The summed E-state index contributed by atoms with van der Waals surface area (Å²) in [5, 5.41) is 3.58. The fourth-order valence-corrected chi connectivity index (χ4v) is 2.61. The number of nitrogens with zero attached hydrogens (tertiary/aromatic N) is 1. The molecule has 2 rings (SSSR count). The monoisotopic (exact) mass is 316 g/mol. The van der Waals surface area contributed by atoms with Crippen LogP contribution in [-0.2, 0) is 15.4 Å². The molecule has 5 nitrogen and oxygen atoms in total. The molecule has 1 heterocycles. The molecule has 1 aromatic heterocycles. The van der Waals surface area contributed by atoms with E-state index >= 15 is 0 Å². The number of halogens is 2. The van der Waals surface area contributed by atoms with Crippen molar-refractivity contribution < 1.29 is 21.7 Å². The van der Waals surface area contributed by atoms with Crippen molar-refractivity contribution in [3.63, 3.8) is 0 Å². The third kappa shape index (κ3) is 3.38. The molecule has 0 fully saturated rings. The number of anilines is 1. The lowest BCUT2D eigenvalue weighted by molar-refractivity contribution is 0.331. The van der Waals surface area contributed by atoms with Gasteiger partial charge in [-0.15, -0.1) is 0 Å². The van der Waals surface area contributed by atoms with E-state index in [9.17, 15) is 17.2 Å². The van der Waals surface area contributed by atoms with Crippen LogP contribution in [0.4, 0.5) is 14.6 Å². The summed E-state index contributed by atoms with van der Waals surface area (Å²) in [6.45, 7) is 5.60. The minimum Gasteiger partial charge on any atom is -0.359 e. The van der Waals surface area contributed by atoms with Gasteiger partial charge in [-0.1, -0.05) is 25.9 Å². The Bertz CT molecular complexity index is 764. The zero-order valence-electron chi connectivity index (χ0n) is 11.6. The van der Waals surface area contributed by atoms with Crippen LogP contribution in [-0.4, -0.2) is 13.6 Å². The van der Waals surface area contributed by atoms with Crippen LogP contribution in [0.3, 0.4) is 0 Å². The van der Waals surface area contributed by atoms with Gasteiger partial charge in [0, 0.05) is 17.5 Å². The fourth-order valence-electron chi connectivity index (χ4n) is 1.56. The molecule has 0 aliphatic heterocycles. The highest BCUT2D eigenvalue weighted by atomic mass is 32.2. The molecule has 1 aromatic carbocycles. The molecule has 0 bridgehead atoms. The second kappa shape index (κ2) is 5.10. The summed E-state index contributed by atoms with van der Waals surface area (Å²) in [6.07, 6.45) is 0. The molecule has 0 saturated carbocycles. The van der Waals surface area contributed by atoms with Gasteiger partial charge >= 0.3 is 0 Å². The SMILES string of the molecule is CC(C)(C)c1cc(NS(=O)(=O)c2ccc(F)cc2F)no1. The maximum absolute atomic E-state index is 13.5. The van der Waals surface area contributed by atoms with Crippen molar-refractivity contribution in [1.82, 2.24) is 5.16 Å². The van der Waals surface area contributed by atoms with E-state index < -0.39 is 26.6 Å². The molecule has 0 saturated heterocycles. The van der Waals surface area contributed by atoms with Crippen molar-refractivity contribution in [3.8, 4) is 0 Å². The number of hydrogen-bond acceptors (Lipinski definition) is 4. The van der Waals surface area contributed by atoms with Crippen LogP contribution in [0.15, 0.2) is 33.7 Å². The topological polar surface area (TPSA) is 72.2 Å². The Labute approximate surface area is 121 Å². The number of rotatable bonds is 3. The molecule has 114 valence electrons. The van der Waals surface area contributed by atoms with Crippen LogP contribution < -0.4 is 4.72 Å². The van der Waals surface area contributed by atoms with Gasteiger partial charge < -0.3 is 4.52 Å². The van der Waals surface area contributed by atoms with Crippen molar-refractivity contribution in [3.05, 3.63) is 41.7 Å². The molecule has 0 amide bonds. The number of nitrogens with one attached hydrogen (secondary N) is 1. The quantitative estimate of drug-likeness (QED) is 0.944. The number of sulfonamides is 1. The molecular weight excluding hydrogens is 302 g/mol. The van der Waals surface area contributed by atoms with Gasteiger partial charge in [-0.25, -0.2) is 17.2 Å². The van der Waals surface area contributed by atoms with E-state index in [1.807, 2.05) is 20.8 Å². The molecule has 8 heteroatoms. The molecule has 0 aliphatic rings. The van der Waals surface area contributed by atoms with Crippen molar-refractivity contribution in [2.75, 3.05) is 4.72 Å². The summed E-state index contributed by atoms with van der Waals surface area (Å²) < 4.78 is 57.6. The van der Waals surface area contributed by atoms with E-state index in [2.05, 4.69) is 9.88 Å². The Morgan fingerprint density at radius 1 is 1.19 bits per heavy atom. The van der Waals surface area contributed by atoms with Crippen LogP contribution >= 0.6 is 0 Å². The summed E-state index contributed by atoms with van der Waals surface area (Å²) >= 11 is 0. The Morgan fingerprint density at radius 3 is 2.38 bits per heavy atom. The lowest BCUT2D eigenvalue weighted by atomic mass is 9.93. The molecular formula is C13H14F2N2O3S. The van der Waals surface area contributed by atoms with Gasteiger partial charge in [-0.05, 0) is 12.1 Å². The maximum atomic E-state index is 13.5. The zero-order chi connectivity index (χ0) is 15.8. The van der Waals surface area contributed by atoms with E-state index in [0.717, 1.165) is 12.1 Å². The van der Waals surface area contributed by atoms with Gasteiger partial charge in [-0.2, -0.15) is 0 Å². The largest absolute Gasteiger partial charge is 0.359 e. The highest BCUT2D eigenvalue weighted by molar-refractivity contribution is 7.92. The van der Waals surface area contributed by atoms with Crippen LogP contribution in [0.5, 0.6) is 0 Å². The highest BCUT2D eigenvalue weighted by Crippen LogP contribution is 2.26. The first-order valence-electron chi connectivity index (χ1n) is 6.05. The van der Waals surface area contributed by atoms with E-state index in [4.69, 9.17) is 4.52 Å². The van der Waals surface area contributed by atoms with Crippen LogP contribution in [0.25, 0.3) is 0 Å². The maximum Gasteiger partial charge on any atom is 0.266 e. The van der Waals surface area contributed by atoms with Crippen molar-refractivity contribution >= 4 is 15.8 Å². The predicted molar refractivity (Wildman–Crippen MR) is 72.4 cm³/mol. The van der Waals surface area contributed by atoms with Crippen molar-refractivity contribution in [1.29, 1.82) is 0 Å². The van der Waals surface area contributed by atoms with Gasteiger partial charge in [0.05, 0.1) is 0 Å². The summed E-state index contributed by atoms with van der Waals surface area (Å²) in [4.78, 5) is -0.663. The van der Waals surface area contributed by atoms with E-state index in [0.29, 0.717) is 11.8 Å². The van der Waals surface area contributed by atoms with Gasteiger partial charge in [0.15, 0.2) is 5.82 Å². The van der Waals surface area contributed by atoms with E-state index in [1.54, 1.807) is 0 Å². The number of benzene rings is 1. The Kier molecular flexibility index (Phi) is 3.75. The molecule has 2 aromatic rings. The third-order valence-electron chi connectivity index (χ3n) is 2.67. The Balaban J connectivity index is 2.31.